The summed E-state index contributed by atoms with van der Waals surface area (Å²) < 4.78 is 10.2. The van der Waals surface area contributed by atoms with E-state index in [2.05, 4.69) is 19.9 Å². The van der Waals surface area contributed by atoms with Crippen molar-refractivity contribution in [1.82, 2.24) is 0 Å². The lowest BCUT2D eigenvalue weighted by Gasteiger charge is -2.12. The zero-order valence-corrected chi connectivity index (χ0v) is 29.0. The molecule has 0 saturated carbocycles. The summed E-state index contributed by atoms with van der Waals surface area (Å²) in [6.45, 7) is 4.14. The minimum atomic E-state index is -1.00. The largest absolute Gasteiger partial charge is 0.463 e. The van der Waals surface area contributed by atoms with Gasteiger partial charge in [-0.2, -0.15) is 0 Å². The Kier molecular flexibility index (Phi) is 33.0. The number of carbonyl (C=O) groups excluding carboxylic acids is 2. The molecule has 45 heavy (non-hydrogen) atoms. The molecule has 0 heterocycles. The predicted octanol–water partition coefficient (Wildman–Crippen LogP) is 10.0. The molecule has 0 aliphatic rings. The van der Waals surface area contributed by atoms with Crippen molar-refractivity contribution in [2.75, 3.05) is 13.2 Å². The zero-order chi connectivity index (χ0) is 33.1. The normalized spacial score (nSPS) is 13.4. The fourth-order valence-corrected chi connectivity index (χ4v) is 4.81. The van der Waals surface area contributed by atoms with E-state index >= 15 is 0 Å². The summed E-state index contributed by atoms with van der Waals surface area (Å²) in [5.41, 5.74) is 0. The molecule has 260 valence electrons. The first-order chi connectivity index (χ1) is 22.0. The Morgan fingerprint density at radius 1 is 0.556 bits per heavy atom. The van der Waals surface area contributed by atoms with Crippen LogP contribution in [0.25, 0.3) is 0 Å². The van der Waals surface area contributed by atoms with Crippen LogP contribution in [-0.4, -0.2) is 47.6 Å². The highest BCUT2D eigenvalue weighted by molar-refractivity contribution is 5.69. The first-order valence-corrected chi connectivity index (χ1v) is 18.3. The second-order valence-electron chi connectivity index (χ2n) is 12.2. The van der Waals surface area contributed by atoms with Crippen LogP contribution in [0, 0.1) is 0 Å². The number of allylic oxidation sites excluding steroid dienone is 6. The monoisotopic (exact) mass is 633 g/mol. The highest BCUT2D eigenvalue weighted by Crippen LogP contribution is 2.13. The maximum Gasteiger partial charge on any atom is 0.305 e. The maximum absolute atomic E-state index is 11.9. The van der Waals surface area contributed by atoms with E-state index in [0.717, 1.165) is 38.5 Å². The van der Waals surface area contributed by atoms with Gasteiger partial charge in [0.2, 0.25) is 0 Å². The van der Waals surface area contributed by atoms with Gasteiger partial charge < -0.3 is 19.7 Å². The van der Waals surface area contributed by atoms with E-state index in [1.165, 1.54) is 83.5 Å². The molecular weight excluding hydrogens is 564 g/mol. The molecule has 2 atom stereocenters. The molecule has 0 fully saturated rings. The number of esters is 2. The van der Waals surface area contributed by atoms with Gasteiger partial charge in [-0.15, -0.1) is 0 Å². The molecule has 0 unspecified atom stereocenters. The Hall–Kier alpha value is -2.18. The maximum atomic E-state index is 11.9. The lowest BCUT2D eigenvalue weighted by molar-refractivity contribution is -0.152. The Morgan fingerprint density at radius 3 is 1.64 bits per heavy atom. The van der Waals surface area contributed by atoms with Gasteiger partial charge in [0.05, 0.1) is 6.10 Å². The van der Waals surface area contributed by atoms with E-state index in [1.807, 2.05) is 36.5 Å². The van der Waals surface area contributed by atoms with Crippen LogP contribution in [0.3, 0.4) is 0 Å². The van der Waals surface area contributed by atoms with Crippen molar-refractivity contribution >= 4 is 11.9 Å². The van der Waals surface area contributed by atoms with Gasteiger partial charge in [0.25, 0.3) is 0 Å². The van der Waals surface area contributed by atoms with Gasteiger partial charge in [-0.1, -0.05) is 152 Å². The second kappa shape index (κ2) is 34.7. The van der Waals surface area contributed by atoms with Crippen molar-refractivity contribution in [3.63, 3.8) is 0 Å². The van der Waals surface area contributed by atoms with E-state index in [0.29, 0.717) is 19.3 Å². The Labute approximate surface area is 276 Å². The molecule has 0 radical (unpaired) electrons. The van der Waals surface area contributed by atoms with Crippen molar-refractivity contribution < 1.29 is 29.3 Å². The van der Waals surface area contributed by atoms with Gasteiger partial charge in [-0.05, 0) is 44.9 Å². The average molecular weight is 633 g/mol. The summed E-state index contributed by atoms with van der Waals surface area (Å²) in [5.74, 6) is -0.667. The number of hydrogen-bond acceptors (Lipinski definition) is 6. The third kappa shape index (κ3) is 34.5. The first-order valence-electron chi connectivity index (χ1n) is 18.3. The topological polar surface area (TPSA) is 93.1 Å². The molecule has 0 rings (SSSR count). The van der Waals surface area contributed by atoms with E-state index in [4.69, 9.17) is 9.47 Å². The van der Waals surface area contributed by atoms with Gasteiger partial charge in [0.15, 0.2) is 0 Å². The van der Waals surface area contributed by atoms with Gasteiger partial charge >= 0.3 is 11.9 Å². The minimum Gasteiger partial charge on any atom is -0.463 e. The number of carbonyl (C=O) groups is 2. The summed E-state index contributed by atoms with van der Waals surface area (Å²) in [4.78, 5) is 23.8. The summed E-state index contributed by atoms with van der Waals surface area (Å²) in [5, 5.41) is 19.9. The average Bonchev–Trinajstić information content (AvgIpc) is 3.03. The van der Waals surface area contributed by atoms with Crippen LogP contribution in [0.2, 0.25) is 0 Å². The smallest absolute Gasteiger partial charge is 0.305 e. The van der Waals surface area contributed by atoms with Gasteiger partial charge in [-0.3, -0.25) is 9.59 Å². The zero-order valence-electron chi connectivity index (χ0n) is 29.0. The number of rotatable bonds is 32. The van der Waals surface area contributed by atoms with E-state index in [1.54, 1.807) is 6.08 Å². The summed E-state index contributed by atoms with van der Waals surface area (Å²) in [7, 11) is 0. The van der Waals surface area contributed by atoms with Crippen molar-refractivity contribution in [3.05, 3.63) is 48.6 Å². The lowest BCUT2D eigenvalue weighted by atomic mass is 10.0. The Bertz CT molecular complexity index is 784. The van der Waals surface area contributed by atoms with Crippen molar-refractivity contribution in [3.8, 4) is 0 Å². The number of unbranched alkanes of at least 4 members (excludes halogenated alkanes) is 16. The highest BCUT2D eigenvalue weighted by Gasteiger charge is 2.12. The molecule has 0 aromatic carbocycles. The van der Waals surface area contributed by atoms with Crippen LogP contribution < -0.4 is 0 Å². The third-order valence-corrected chi connectivity index (χ3v) is 7.65. The van der Waals surface area contributed by atoms with E-state index in [-0.39, 0.29) is 31.6 Å². The molecule has 0 aliphatic carbocycles. The molecule has 0 aliphatic heterocycles. The van der Waals surface area contributed by atoms with Crippen LogP contribution in [0.15, 0.2) is 48.6 Å². The summed E-state index contributed by atoms with van der Waals surface area (Å²) >= 11 is 0. The number of hydrogen-bond donors (Lipinski definition) is 2. The van der Waals surface area contributed by atoms with Crippen LogP contribution >= 0.6 is 0 Å². The molecule has 0 aromatic rings. The lowest BCUT2D eigenvalue weighted by Crippen LogP contribution is -2.25. The fraction of sp³-hybridized carbons (Fsp3) is 0.744. The molecule has 0 bridgehead atoms. The highest BCUT2D eigenvalue weighted by atomic mass is 16.6. The Balaban J connectivity index is 3.63. The predicted molar refractivity (Wildman–Crippen MR) is 188 cm³/mol. The second-order valence-corrected chi connectivity index (χ2v) is 12.2. The molecule has 2 N–H and O–H groups in total. The van der Waals surface area contributed by atoms with E-state index in [9.17, 15) is 19.8 Å². The van der Waals surface area contributed by atoms with Crippen LogP contribution in [0.1, 0.15) is 162 Å². The standard InChI is InChI=1S/C39H68O6/c1-3-5-7-9-11-12-13-14-15-16-20-24-28-32-38(42)44-34-37(41)35-45-39(43)33-29-25-21-18-17-19-23-27-31-36(40)30-26-22-10-8-6-4-2/h18-19,21-23,26-27,31,36-37,40-41H,3-17,20,24-25,28-30,32-35H2,1-2H3/b21-18-,23-19-,26-22-,31-27+/t36-,37+/m1/s1. The molecule has 0 saturated heterocycles. The Morgan fingerprint density at radius 2 is 1.04 bits per heavy atom. The van der Waals surface area contributed by atoms with Crippen LogP contribution in [0.5, 0.6) is 0 Å². The molecule has 0 aromatic heterocycles. The van der Waals surface area contributed by atoms with Gasteiger partial charge in [-0.25, -0.2) is 0 Å². The number of aliphatic hydroxyl groups excluding tert-OH is 2. The molecule has 6 heteroatoms. The van der Waals surface area contributed by atoms with Crippen LogP contribution in [-0.2, 0) is 19.1 Å². The minimum absolute atomic E-state index is 0.148. The molecule has 6 nitrogen and oxygen atoms in total. The van der Waals surface area contributed by atoms with E-state index < -0.39 is 12.2 Å². The molecule has 0 spiro atoms. The van der Waals surface area contributed by atoms with Gasteiger partial charge in [0, 0.05) is 12.8 Å². The number of ether oxygens (including phenoxy) is 2. The molecular formula is C39H68O6. The fourth-order valence-electron chi connectivity index (χ4n) is 4.81. The quantitative estimate of drug-likeness (QED) is 0.0332. The summed E-state index contributed by atoms with van der Waals surface area (Å²) in [6.07, 6.45) is 39.0. The summed E-state index contributed by atoms with van der Waals surface area (Å²) in [6, 6.07) is 0. The van der Waals surface area contributed by atoms with Crippen molar-refractivity contribution in [2.45, 2.75) is 174 Å². The molecule has 0 amide bonds. The van der Waals surface area contributed by atoms with Gasteiger partial charge in [0.1, 0.15) is 19.3 Å². The SMILES string of the molecule is CCCCC/C=C\C[C@@H](O)/C=C/C=C\C/C=C\CCCC(=O)OC[C@@H](O)COC(=O)CCCCCCCCCCCCCCC. The van der Waals surface area contributed by atoms with Crippen molar-refractivity contribution in [2.24, 2.45) is 0 Å². The number of aliphatic hydroxyl groups is 2. The first kappa shape index (κ1) is 42.8. The van der Waals surface area contributed by atoms with Crippen molar-refractivity contribution in [1.29, 1.82) is 0 Å². The third-order valence-electron chi connectivity index (χ3n) is 7.65. The van der Waals surface area contributed by atoms with Crippen LogP contribution in [0.4, 0.5) is 0 Å².